The zero-order valence-electron chi connectivity index (χ0n) is 30.7. The van der Waals surface area contributed by atoms with E-state index in [0.29, 0.717) is 63.0 Å². The summed E-state index contributed by atoms with van der Waals surface area (Å²) in [5, 5.41) is 4.79. The molecule has 11 nitrogen and oxygen atoms in total. The molecule has 1 aliphatic carbocycles. The van der Waals surface area contributed by atoms with Crippen molar-refractivity contribution in [2.75, 3.05) is 31.6 Å². The second kappa shape index (κ2) is 17.7. The number of aromatic nitrogens is 1. The number of fused-ring (bicyclic) bond motifs is 4. The van der Waals surface area contributed by atoms with Crippen LogP contribution in [0.1, 0.15) is 64.9 Å². The number of carbonyl (C=O) groups excluding carboxylic acids is 2. The van der Waals surface area contributed by atoms with E-state index in [9.17, 15) is 18.4 Å². The van der Waals surface area contributed by atoms with Crippen molar-refractivity contribution in [3.8, 4) is 11.5 Å². The number of piperidine rings is 3. The molecule has 0 radical (unpaired) electrons. The topological polar surface area (TPSA) is 144 Å². The predicted octanol–water partition coefficient (Wildman–Crippen LogP) is 8.70. The van der Waals surface area contributed by atoms with Crippen LogP contribution in [0.4, 0.5) is 14.5 Å². The molecule has 0 spiro atoms. The number of alkyl halides is 2. The third kappa shape index (κ3) is 9.61. The molecular weight excluding hydrogens is 783 g/mol. The minimum absolute atomic E-state index is 0. The number of esters is 2. The third-order valence-corrected chi connectivity index (χ3v) is 11.4. The molecule has 3 aliphatic heterocycles. The van der Waals surface area contributed by atoms with Crippen molar-refractivity contribution in [2.24, 2.45) is 11.8 Å². The van der Waals surface area contributed by atoms with Gasteiger partial charge >= 0.3 is 18.6 Å². The summed E-state index contributed by atoms with van der Waals surface area (Å²) in [5.74, 6) is -0.487. The van der Waals surface area contributed by atoms with Crippen LogP contribution in [-0.2, 0) is 20.7 Å². The lowest BCUT2D eigenvalue weighted by atomic mass is 9.86. The number of rotatable bonds is 15. The molecule has 4 fully saturated rings. The van der Waals surface area contributed by atoms with Gasteiger partial charge in [0.2, 0.25) is 0 Å². The normalized spacial score (nSPS) is 19.7. The minimum atomic E-state index is -3.06. The second-order valence-electron chi connectivity index (χ2n) is 14.6. The Kier molecular flexibility index (Phi) is 12.5. The number of nitrogens with one attached hydrogen (secondary N) is 2. The smallest absolute Gasteiger partial charge is 0.387 e. The summed E-state index contributed by atoms with van der Waals surface area (Å²) >= 11 is 13.1. The Morgan fingerprint density at radius 3 is 2.42 bits per heavy atom. The van der Waals surface area contributed by atoms with E-state index in [-0.39, 0.29) is 35.1 Å². The lowest BCUT2D eigenvalue weighted by molar-refractivity contribution is -0.377. The molecule has 2 aromatic heterocycles. The van der Waals surface area contributed by atoms with Crippen LogP contribution in [0.15, 0.2) is 89.8 Å². The molecule has 1 unspecified atom stereocenters. The molecule has 57 heavy (non-hydrogen) atoms. The van der Waals surface area contributed by atoms with Crippen LogP contribution in [0.25, 0.3) is 11.0 Å². The Labute approximate surface area is 337 Å². The van der Waals surface area contributed by atoms with Crippen molar-refractivity contribution in [1.29, 1.82) is 0 Å². The number of nitrogens with zero attached hydrogens (tertiary/aromatic N) is 1. The fourth-order valence-corrected chi connectivity index (χ4v) is 7.94. The van der Waals surface area contributed by atoms with Crippen LogP contribution in [0.5, 0.6) is 11.5 Å². The van der Waals surface area contributed by atoms with Crippen molar-refractivity contribution in [1.82, 2.24) is 4.90 Å². The number of halogens is 4. The first-order valence-electron chi connectivity index (χ1n) is 18.7. The molecule has 5 aromatic rings. The first kappa shape index (κ1) is 40.3. The molecule has 5 heterocycles. The highest BCUT2D eigenvalue weighted by atomic mass is 35.5. The molecule has 3 aromatic carbocycles. The standard InChI is InChI=1S/C42H39Cl2F2N3O7.H2O/c43-32-20-47-21-33(44)31(32)19-36(26-6-9-35(56-42(45)46)37(18-26)53-23-24-4-5-24)54-40(50)29-2-1-3-30(17-29)48-39(28-7-8-34-27(16-28)12-15-52-34)41(51)55-38-22-49-13-10-25(38)11-14-49;/h1-3,6-9,12,15-18,20-21,24-25,36,38-39,42,48H,4-5,10-11,13-14,19,22-23H2;1H2/t36-,38-,39?;/m0./s1. The van der Waals surface area contributed by atoms with Gasteiger partial charge in [0.1, 0.15) is 27.8 Å². The zero-order valence-corrected chi connectivity index (χ0v) is 32.2. The van der Waals surface area contributed by atoms with Crippen molar-refractivity contribution >= 4 is 51.8 Å². The second-order valence-corrected chi connectivity index (χ2v) is 15.4. The van der Waals surface area contributed by atoms with Gasteiger partial charge in [0, 0.05) is 29.6 Å². The van der Waals surface area contributed by atoms with Crippen LogP contribution in [0.3, 0.4) is 0 Å². The highest BCUT2D eigenvalue weighted by Crippen LogP contribution is 2.39. The highest BCUT2D eigenvalue weighted by Gasteiger charge is 2.38. The summed E-state index contributed by atoms with van der Waals surface area (Å²) in [6.07, 6.45) is 7.54. The Balaban J connectivity index is 0.00000496. The molecule has 3 atom stereocenters. The van der Waals surface area contributed by atoms with Crippen LogP contribution in [0, 0.1) is 11.8 Å². The summed E-state index contributed by atoms with van der Waals surface area (Å²) in [4.78, 5) is 33.2. The lowest BCUT2D eigenvalue weighted by Crippen LogP contribution is -2.52. The fourth-order valence-electron chi connectivity index (χ4n) is 7.41. The van der Waals surface area contributed by atoms with Crippen molar-refractivity contribution in [3.05, 3.63) is 118 Å². The number of pyridine rings is 1. The van der Waals surface area contributed by atoms with Crippen LogP contribution >= 0.6 is 23.2 Å². The van der Waals surface area contributed by atoms with E-state index in [0.717, 1.165) is 44.2 Å². The van der Waals surface area contributed by atoms with E-state index >= 15 is 0 Å². The van der Waals surface area contributed by atoms with Crippen LogP contribution < -0.4 is 19.8 Å². The number of carbonyl (C=O) groups is 2. The van der Waals surface area contributed by atoms with Crippen molar-refractivity contribution in [2.45, 2.75) is 57.0 Å². The number of furan rings is 1. The molecule has 2 bridgehead atoms. The number of anilines is 1. The van der Waals surface area contributed by atoms with Gasteiger partial charge in [0.15, 0.2) is 29.9 Å². The molecule has 3 saturated heterocycles. The summed E-state index contributed by atoms with van der Waals surface area (Å²) < 4.78 is 55.2. The number of aromatic amines is 1. The maximum atomic E-state index is 14.0. The third-order valence-electron chi connectivity index (χ3n) is 10.7. The fraction of sp³-hybridized carbons (Fsp3) is 0.357. The van der Waals surface area contributed by atoms with Crippen LogP contribution in [0.2, 0.25) is 10.0 Å². The van der Waals surface area contributed by atoms with Gasteiger partial charge in [-0.2, -0.15) is 8.78 Å². The number of ether oxygens (including phenoxy) is 4. The van der Waals surface area contributed by atoms with E-state index in [1.54, 1.807) is 42.9 Å². The summed E-state index contributed by atoms with van der Waals surface area (Å²) in [6, 6.07) is 17.5. The maximum Gasteiger partial charge on any atom is 0.387 e. The Morgan fingerprint density at radius 1 is 0.930 bits per heavy atom. The van der Waals surface area contributed by atoms with Gasteiger partial charge < -0.3 is 34.2 Å². The van der Waals surface area contributed by atoms with Gasteiger partial charge in [-0.3, -0.25) is 4.90 Å². The molecule has 15 heteroatoms. The summed E-state index contributed by atoms with van der Waals surface area (Å²) in [7, 11) is 0. The van der Waals surface area contributed by atoms with E-state index in [1.807, 2.05) is 24.3 Å². The Hall–Kier alpha value is -4.95. The number of hydrogen-bond acceptors (Lipinski definition) is 10. The van der Waals surface area contributed by atoms with E-state index in [1.165, 1.54) is 18.2 Å². The maximum absolute atomic E-state index is 14.0. The van der Waals surface area contributed by atoms with Gasteiger partial charge in [0.25, 0.3) is 0 Å². The Morgan fingerprint density at radius 2 is 1.70 bits per heavy atom. The molecule has 3 N–H and O–H groups in total. The zero-order chi connectivity index (χ0) is 38.8. The molecule has 1 saturated carbocycles. The average Bonchev–Trinajstić information content (AvgIpc) is 3.91. The van der Waals surface area contributed by atoms with Crippen molar-refractivity contribution in [3.63, 3.8) is 0 Å². The monoisotopic (exact) mass is 823 g/mol. The molecule has 4 aliphatic rings. The molecular formula is C42H41Cl2F2N3O8. The van der Waals surface area contributed by atoms with E-state index < -0.39 is 30.7 Å². The Bertz CT molecular complexity index is 2190. The highest BCUT2D eigenvalue weighted by molar-refractivity contribution is 6.35. The van der Waals surface area contributed by atoms with Gasteiger partial charge in [-0.15, -0.1) is 0 Å². The number of hydrogen-bond donors (Lipinski definition) is 1. The van der Waals surface area contributed by atoms with Crippen molar-refractivity contribution < 1.29 is 52.2 Å². The number of benzene rings is 3. The van der Waals surface area contributed by atoms with Gasteiger partial charge in [-0.1, -0.05) is 41.4 Å². The van der Waals surface area contributed by atoms with Gasteiger partial charge in [-0.25, -0.2) is 14.6 Å². The summed E-state index contributed by atoms with van der Waals surface area (Å²) in [5.41, 5.74) is 2.99. The first-order chi connectivity index (χ1) is 27.2. The largest absolute Gasteiger partial charge is 0.870 e. The average molecular weight is 825 g/mol. The molecule has 0 amide bonds. The SMILES string of the molecule is O=C(O[C@@H](Cc1c(Cl)c[nH+]cc1Cl)c1ccc(OC(F)F)c(OCC2CC2)c1)c1cccc(NC(C(=O)O[C@H]2CN3CCC2CC3)c2ccc3occc3c2)c1.[OH-]. The van der Waals surface area contributed by atoms with Crippen LogP contribution in [-0.4, -0.2) is 61.3 Å². The summed E-state index contributed by atoms with van der Waals surface area (Å²) in [6.45, 7) is 0.00867. The van der Waals surface area contributed by atoms with Gasteiger partial charge in [-0.05, 0) is 110 Å². The lowest BCUT2D eigenvalue weighted by Gasteiger charge is -2.44. The molecule has 300 valence electrons. The van der Waals surface area contributed by atoms with E-state index in [4.69, 9.17) is 46.6 Å². The van der Waals surface area contributed by atoms with E-state index in [2.05, 4.69) is 15.2 Å². The first-order valence-corrected chi connectivity index (χ1v) is 19.5. The number of H-pyrrole nitrogens is 1. The minimum Gasteiger partial charge on any atom is -0.870 e. The quantitative estimate of drug-likeness (QED) is 0.102. The predicted molar refractivity (Wildman–Crippen MR) is 206 cm³/mol. The van der Waals surface area contributed by atoms with Gasteiger partial charge in [0.05, 0.1) is 18.4 Å². The molecule has 9 rings (SSSR count).